The summed E-state index contributed by atoms with van der Waals surface area (Å²) in [6.07, 6.45) is 0. The first kappa shape index (κ1) is 21.3. The molecule has 1 amide bonds. The molecule has 3 rings (SSSR count). The van der Waals surface area contributed by atoms with E-state index in [2.05, 4.69) is 0 Å². The predicted molar refractivity (Wildman–Crippen MR) is 114 cm³/mol. The Balaban J connectivity index is 2.14. The van der Waals surface area contributed by atoms with Crippen LogP contribution in [0.3, 0.4) is 0 Å². The van der Waals surface area contributed by atoms with Crippen molar-refractivity contribution in [2.45, 2.75) is 17.5 Å². The van der Waals surface area contributed by atoms with Gasteiger partial charge in [-0.2, -0.15) is 4.31 Å². The molecule has 5 nitrogen and oxygen atoms in total. The normalized spacial score (nSPS) is 12.7. The van der Waals surface area contributed by atoms with E-state index in [1.165, 1.54) is 24.3 Å². The third-order valence-corrected chi connectivity index (χ3v) is 6.63. The smallest absolute Gasteiger partial charge is 0.244 e. The highest BCUT2D eigenvalue weighted by Crippen LogP contribution is 2.30. The van der Waals surface area contributed by atoms with Gasteiger partial charge in [-0.3, -0.25) is 4.79 Å². The summed E-state index contributed by atoms with van der Waals surface area (Å²) in [5.74, 6) is -0.782. The van der Waals surface area contributed by atoms with Crippen molar-refractivity contribution in [3.8, 4) is 0 Å². The molecule has 0 aliphatic rings. The van der Waals surface area contributed by atoms with Crippen molar-refractivity contribution in [2.75, 3.05) is 0 Å². The van der Waals surface area contributed by atoms with Crippen LogP contribution in [0.5, 0.6) is 0 Å². The van der Waals surface area contributed by atoms with Gasteiger partial charge in [0.15, 0.2) is 0 Å². The van der Waals surface area contributed by atoms with Gasteiger partial charge in [-0.25, -0.2) is 8.42 Å². The first-order valence-corrected chi connectivity index (χ1v) is 10.8. The number of carbonyl (C=O) groups is 1. The molecule has 0 saturated carbocycles. The van der Waals surface area contributed by atoms with E-state index in [1.54, 1.807) is 54.6 Å². The Bertz CT molecular complexity index is 1100. The summed E-state index contributed by atoms with van der Waals surface area (Å²) >= 11 is 12.0. The van der Waals surface area contributed by atoms with Gasteiger partial charge in [0.2, 0.25) is 15.9 Å². The lowest BCUT2D eigenvalue weighted by atomic mass is 10.1. The molecule has 8 heteroatoms. The fraction of sp³-hybridized carbons (Fsp3) is 0.0952. The standard InChI is InChI=1S/C21H18Cl2N2O3S/c22-17-9-11-19(12-10-17)29(27,28)25(14-15-5-4-8-18(23)13-15)20(21(24)26)16-6-2-1-3-7-16/h1-13,20H,14H2,(H2,24,26)/t20-/m1/s1. The number of hydrogen-bond donors (Lipinski definition) is 1. The van der Waals surface area contributed by atoms with E-state index >= 15 is 0 Å². The number of benzene rings is 3. The Morgan fingerprint density at radius 2 is 1.55 bits per heavy atom. The Morgan fingerprint density at radius 1 is 0.897 bits per heavy atom. The van der Waals surface area contributed by atoms with Gasteiger partial charge < -0.3 is 5.73 Å². The zero-order chi connectivity index (χ0) is 21.0. The summed E-state index contributed by atoms with van der Waals surface area (Å²) in [4.78, 5) is 12.4. The van der Waals surface area contributed by atoms with Crippen LogP contribution < -0.4 is 5.73 Å². The topological polar surface area (TPSA) is 80.5 Å². The molecule has 0 radical (unpaired) electrons. The van der Waals surface area contributed by atoms with Crippen LogP contribution in [0.15, 0.2) is 83.8 Å². The van der Waals surface area contributed by atoms with Crippen LogP contribution in [0.4, 0.5) is 0 Å². The van der Waals surface area contributed by atoms with Gasteiger partial charge in [-0.15, -0.1) is 0 Å². The fourth-order valence-corrected chi connectivity index (χ4v) is 4.89. The van der Waals surface area contributed by atoms with Crippen molar-refractivity contribution in [3.05, 3.63) is 100 Å². The predicted octanol–water partition coefficient (Wildman–Crippen LogP) is 4.41. The summed E-state index contributed by atoms with van der Waals surface area (Å²) in [7, 11) is -4.09. The first-order valence-electron chi connectivity index (χ1n) is 8.65. The van der Waals surface area contributed by atoms with Crippen LogP contribution in [0.1, 0.15) is 17.2 Å². The summed E-state index contributed by atoms with van der Waals surface area (Å²) < 4.78 is 28.1. The minimum Gasteiger partial charge on any atom is -0.368 e. The molecule has 0 aliphatic carbocycles. The Morgan fingerprint density at radius 3 is 2.14 bits per heavy atom. The molecular weight excluding hydrogens is 431 g/mol. The minimum absolute atomic E-state index is 0.00566. The van der Waals surface area contributed by atoms with Gasteiger partial charge in [-0.05, 0) is 47.5 Å². The first-order chi connectivity index (χ1) is 13.8. The monoisotopic (exact) mass is 448 g/mol. The van der Waals surface area contributed by atoms with Gasteiger partial charge in [0.25, 0.3) is 0 Å². The van der Waals surface area contributed by atoms with Crippen molar-refractivity contribution in [3.63, 3.8) is 0 Å². The number of carbonyl (C=O) groups excluding carboxylic acids is 1. The van der Waals surface area contributed by atoms with E-state index in [4.69, 9.17) is 28.9 Å². The van der Waals surface area contributed by atoms with E-state index in [0.29, 0.717) is 21.2 Å². The van der Waals surface area contributed by atoms with Crippen LogP contribution in [0, 0.1) is 0 Å². The molecule has 2 N–H and O–H groups in total. The Kier molecular flexibility index (Phi) is 6.59. The third-order valence-electron chi connectivity index (χ3n) is 4.32. The summed E-state index contributed by atoms with van der Waals surface area (Å²) in [5, 5.41) is 0.863. The number of amides is 1. The highest BCUT2D eigenvalue weighted by atomic mass is 35.5. The van der Waals surface area contributed by atoms with Crippen molar-refractivity contribution in [2.24, 2.45) is 5.73 Å². The SMILES string of the molecule is NC(=O)[C@@H](c1ccccc1)N(Cc1cccc(Cl)c1)S(=O)(=O)c1ccc(Cl)cc1. The maximum Gasteiger partial charge on any atom is 0.244 e. The number of hydrogen-bond acceptors (Lipinski definition) is 3. The van der Waals surface area contributed by atoms with Crippen molar-refractivity contribution >= 4 is 39.1 Å². The molecule has 0 spiro atoms. The maximum absolute atomic E-state index is 13.5. The molecule has 1 atom stereocenters. The van der Waals surface area contributed by atoms with Gasteiger partial charge in [-0.1, -0.05) is 65.7 Å². The molecule has 0 aromatic heterocycles. The van der Waals surface area contributed by atoms with Crippen LogP contribution in [-0.2, 0) is 21.4 Å². The van der Waals surface area contributed by atoms with E-state index in [0.717, 1.165) is 4.31 Å². The molecule has 3 aromatic carbocycles. The quantitative estimate of drug-likeness (QED) is 0.580. The minimum atomic E-state index is -4.09. The fourth-order valence-electron chi connectivity index (χ4n) is 2.98. The highest BCUT2D eigenvalue weighted by Gasteiger charge is 2.36. The molecule has 0 bridgehead atoms. The third kappa shape index (κ3) is 4.97. The van der Waals surface area contributed by atoms with E-state index < -0.39 is 22.0 Å². The van der Waals surface area contributed by atoms with Gasteiger partial charge in [0, 0.05) is 16.6 Å². The zero-order valence-corrected chi connectivity index (χ0v) is 17.5. The highest BCUT2D eigenvalue weighted by molar-refractivity contribution is 7.89. The van der Waals surface area contributed by atoms with Crippen LogP contribution in [0.2, 0.25) is 10.0 Å². The molecule has 0 aliphatic heterocycles. The number of primary amides is 1. The molecule has 3 aromatic rings. The summed E-state index contributed by atoms with van der Waals surface area (Å²) in [6, 6.07) is 19.9. The van der Waals surface area contributed by atoms with Crippen LogP contribution >= 0.6 is 23.2 Å². The van der Waals surface area contributed by atoms with Crippen LogP contribution in [0.25, 0.3) is 0 Å². The van der Waals surface area contributed by atoms with E-state index in [9.17, 15) is 13.2 Å². The molecular formula is C21H18Cl2N2O3S. The lowest BCUT2D eigenvalue weighted by Crippen LogP contribution is -2.41. The molecule has 29 heavy (non-hydrogen) atoms. The van der Waals surface area contributed by atoms with Gasteiger partial charge >= 0.3 is 0 Å². The zero-order valence-electron chi connectivity index (χ0n) is 15.2. The maximum atomic E-state index is 13.5. The summed E-state index contributed by atoms with van der Waals surface area (Å²) in [5.41, 5.74) is 6.75. The average Bonchev–Trinajstić information content (AvgIpc) is 2.68. The molecule has 0 heterocycles. The van der Waals surface area contributed by atoms with Crippen molar-refractivity contribution in [1.82, 2.24) is 4.31 Å². The van der Waals surface area contributed by atoms with E-state index in [-0.39, 0.29) is 11.4 Å². The molecule has 0 saturated heterocycles. The Hall–Kier alpha value is -2.38. The number of halogens is 2. The van der Waals surface area contributed by atoms with E-state index in [1.807, 2.05) is 0 Å². The lowest BCUT2D eigenvalue weighted by molar-refractivity contribution is -0.122. The second kappa shape index (κ2) is 8.97. The largest absolute Gasteiger partial charge is 0.368 e. The molecule has 0 fully saturated rings. The average molecular weight is 449 g/mol. The van der Waals surface area contributed by atoms with Gasteiger partial charge in [0.05, 0.1) is 4.90 Å². The summed E-state index contributed by atoms with van der Waals surface area (Å²) in [6.45, 7) is -0.0893. The lowest BCUT2D eigenvalue weighted by Gasteiger charge is -2.29. The second-order valence-corrected chi connectivity index (χ2v) is 9.11. The van der Waals surface area contributed by atoms with Crippen LogP contribution in [-0.4, -0.2) is 18.6 Å². The molecule has 0 unspecified atom stereocenters. The Labute approximate surface area is 179 Å². The molecule has 150 valence electrons. The van der Waals surface area contributed by atoms with Crippen molar-refractivity contribution < 1.29 is 13.2 Å². The van der Waals surface area contributed by atoms with Gasteiger partial charge in [0.1, 0.15) is 6.04 Å². The number of nitrogens with two attached hydrogens (primary N) is 1. The second-order valence-electron chi connectivity index (χ2n) is 6.35. The number of sulfonamides is 1. The van der Waals surface area contributed by atoms with Crippen molar-refractivity contribution in [1.29, 1.82) is 0 Å². The number of nitrogens with zero attached hydrogens (tertiary/aromatic N) is 1. The number of rotatable bonds is 7.